The molecule has 0 atom stereocenters. The molecule has 2 fully saturated rings. The van der Waals surface area contributed by atoms with Crippen molar-refractivity contribution in [3.8, 4) is 0 Å². The summed E-state index contributed by atoms with van der Waals surface area (Å²) >= 11 is 6.58. The van der Waals surface area contributed by atoms with Crippen LogP contribution in [0.25, 0.3) is 0 Å². The second kappa shape index (κ2) is 9.60. The minimum Gasteiger partial charge on any atom is -0.378 e. The van der Waals surface area contributed by atoms with Crippen LogP contribution in [0.1, 0.15) is 45.0 Å². The van der Waals surface area contributed by atoms with E-state index in [1.807, 2.05) is 6.07 Å². The van der Waals surface area contributed by atoms with Crippen molar-refractivity contribution in [1.29, 1.82) is 0 Å². The van der Waals surface area contributed by atoms with Crippen molar-refractivity contribution in [2.45, 2.75) is 18.8 Å². The van der Waals surface area contributed by atoms with Gasteiger partial charge in [-0.25, -0.2) is 4.39 Å². The topological polar surface area (TPSA) is 95.1 Å². The number of anilines is 2. The molecule has 0 aromatic heterocycles. The van der Waals surface area contributed by atoms with Crippen molar-refractivity contribution in [3.05, 3.63) is 57.9 Å². The average molecular weight is 486 g/mol. The van der Waals surface area contributed by atoms with E-state index in [9.17, 15) is 14.0 Å². The molecule has 0 bridgehead atoms. The van der Waals surface area contributed by atoms with Crippen LogP contribution in [-0.4, -0.2) is 62.1 Å². The van der Waals surface area contributed by atoms with Crippen LogP contribution >= 0.6 is 11.6 Å². The predicted octanol–water partition coefficient (Wildman–Crippen LogP) is 3.26. The highest BCUT2D eigenvalue weighted by atomic mass is 35.5. The number of carbonyl (C=O) groups is 2. The van der Waals surface area contributed by atoms with E-state index in [0.717, 1.165) is 24.1 Å². The second-order valence-corrected chi connectivity index (χ2v) is 8.91. The maximum Gasteiger partial charge on any atom is 0.257 e. The van der Waals surface area contributed by atoms with Gasteiger partial charge in [-0.05, 0) is 54.7 Å². The summed E-state index contributed by atoms with van der Waals surface area (Å²) < 4.78 is 19.8. The van der Waals surface area contributed by atoms with Gasteiger partial charge in [0.05, 0.1) is 36.0 Å². The van der Waals surface area contributed by atoms with Gasteiger partial charge in [-0.15, -0.1) is 0 Å². The Labute approximate surface area is 201 Å². The van der Waals surface area contributed by atoms with E-state index >= 15 is 0 Å². The Morgan fingerprint density at radius 2 is 1.94 bits per heavy atom. The van der Waals surface area contributed by atoms with E-state index < -0.39 is 5.82 Å². The highest BCUT2D eigenvalue weighted by molar-refractivity contribution is 6.36. The zero-order valence-corrected chi connectivity index (χ0v) is 19.3. The Kier molecular flexibility index (Phi) is 6.38. The fraction of sp³-hybridized carbons (Fsp3) is 0.375. The lowest BCUT2D eigenvalue weighted by atomic mass is 10.0. The molecular formula is C24H25ClFN5O3. The third kappa shape index (κ3) is 4.85. The maximum absolute atomic E-state index is 14.5. The third-order valence-corrected chi connectivity index (χ3v) is 6.48. The molecule has 0 unspecified atom stereocenters. The van der Waals surface area contributed by atoms with E-state index in [-0.39, 0.29) is 22.4 Å². The number of rotatable bonds is 5. The lowest BCUT2D eigenvalue weighted by Gasteiger charge is -2.27. The molecule has 1 saturated carbocycles. The molecule has 2 heterocycles. The number of ether oxygens (including phenoxy) is 1. The third-order valence-electron chi connectivity index (χ3n) is 6.07. The minimum absolute atomic E-state index is 0.111. The first kappa shape index (κ1) is 22.6. The number of carbonyl (C=O) groups excluding carboxylic acids is 2. The Morgan fingerprint density at radius 1 is 1.15 bits per heavy atom. The molecule has 1 saturated heterocycles. The SMILES string of the molecule is O=C(NC1=NCCN1)c1ccc(Nc2cc(F)cc(C(=O)N3CCOCC3)c2Cl)c(C2CC2)c1. The summed E-state index contributed by atoms with van der Waals surface area (Å²) in [6.07, 6.45) is 2.01. The fourth-order valence-electron chi connectivity index (χ4n) is 4.13. The predicted molar refractivity (Wildman–Crippen MR) is 128 cm³/mol. The first-order chi connectivity index (χ1) is 16.5. The summed E-state index contributed by atoms with van der Waals surface area (Å²) in [5, 5.41) is 9.16. The summed E-state index contributed by atoms with van der Waals surface area (Å²) in [7, 11) is 0. The van der Waals surface area contributed by atoms with Gasteiger partial charge in [0.2, 0.25) is 0 Å². The Morgan fingerprint density at radius 3 is 2.65 bits per heavy atom. The first-order valence-corrected chi connectivity index (χ1v) is 11.7. The van der Waals surface area contributed by atoms with Crippen LogP contribution in [0.15, 0.2) is 35.3 Å². The molecule has 2 aliphatic heterocycles. The highest BCUT2D eigenvalue weighted by Gasteiger charge is 2.28. The number of nitrogens with zero attached hydrogens (tertiary/aromatic N) is 2. The van der Waals surface area contributed by atoms with Crippen molar-refractivity contribution in [2.24, 2.45) is 4.99 Å². The van der Waals surface area contributed by atoms with Gasteiger partial charge in [0.15, 0.2) is 5.96 Å². The number of amides is 2. The monoisotopic (exact) mass is 485 g/mol. The van der Waals surface area contributed by atoms with Gasteiger partial charge in [-0.1, -0.05) is 11.6 Å². The number of halogens is 2. The summed E-state index contributed by atoms with van der Waals surface area (Å²) in [4.78, 5) is 31.4. The molecule has 34 heavy (non-hydrogen) atoms. The van der Waals surface area contributed by atoms with E-state index in [4.69, 9.17) is 16.3 Å². The van der Waals surface area contributed by atoms with Gasteiger partial charge in [0.25, 0.3) is 11.8 Å². The van der Waals surface area contributed by atoms with E-state index in [1.165, 1.54) is 12.1 Å². The number of guanidine groups is 1. The minimum atomic E-state index is -0.558. The van der Waals surface area contributed by atoms with Crippen molar-refractivity contribution in [1.82, 2.24) is 15.5 Å². The molecule has 8 nitrogen and oxygen atoms in total. The van der Waals surface area contributed by atoms with Gasteiger partial charge in [-0.3, -0.25) is 19.9 Å². The standard InChI is InChI=1S/C24H25ClFN5O3/c25-21-18(23(33)31-7-9-34-10-8-31)12-16(26)13-20(21)29-19-4-3-15(11-17(19)14-1-2-14)22(32)30-24-27-5-6-28-24/h3-4,11-14,29H,1-2,5-10H2,(H2,27,28,30,32). The number of nitrogens with one attached hydrogen (secondary N) is 3. The molecule has 2 amide bonds. The largest absolute Gasteiger partial charge is 0.378 e. The van der Waals surface area contributed by atoms with E-state index in [1.54, 1.807) is 17.0 Å². The lowest BCUT2D eigenvalue weighted by Crippen LogP contribution is -2.40. The molecule has 3 aliphatic rings. The van der Waals surface area contributed by atoms with Crippen molar-refractivity contribution < 1.29 is 18.7 Å². The van der Waals surface area contributed by atoms with Crippen LogP contribution in [0.2, 0.25) is 5.02 Å². The zero-order chi connectivity index (χ0) is 23.7. The number of morpholine rings is 1. The molecule has 0 radical (unpaired) electrons. The van der Waals surface area contributed by atoms with Crippen LogP contribution in [-0.2, 0) is 4.74 Å². The zero-order valence-electron chi connectivity index (χ0n) is 18.5. The van der Waals surface area contributed by atoms with Gasteiger partial charge in [0, 0.05) is 30.9 Å². The summed E-state index contributed by atoms with van der Waals surface area (Å²) in [5.74, 6) is -0.349. The van der Waals surface area contributed by atoms with E-state index in [2.05, 4.69) is 20.9 Å². The molecule has 5 rings (SSSR count). The van der Waals surface area contributed by atoms with Gasteiger partial charge in [0.1, 0.15) is 5.82 Å². The number of aliphatic imine (C=N–C) groups is 1. The quantitative estimate of drug-likeness (QED) is 0.604. The normalized spacial score (nSPS) is 17.7. The summed E-state index contributed by atoms with van der Waals surface area (Å²) in [6, 6.07) is 7.78. The maximum atomic E-state index is 14.5. The Balaban J connectivity index is 1.41. The Bertz CT molecular complexity index is 1160. The van der Waals surface area contributed by atoms with Gasteiger partial charge >= 0.3 is 0 Å². The smallest absolute Gasteiger partial charge is 0.257 e. The fourth-order valence-corrected chi connectivity index (χ4v) is 4.37. The lowest BCUT2D eigenvalue weighted by molar-refractivity contribution is 0.0302. The molecular weight excluding hydrogens is 461 g/mol. The van der Waals surface area contributed by atoms with Crippen molar-refractivity contribution in [3.63, 3.8) is 0 Å². The van der Waals surface area contributed by atoms with Crippen LogP contribution in [0.4, 0.5) is 15.8 Å². The summed E-state index contributed by atoms with van der Waals surface area (Å²) in [6.45, 7) is 3.10. The first-order valence-electron chi connectivity index (χ1n) is 11.4. The van der Waals surface area contributed by atoms with Crippen molar-refractivity contribution in [2.75, 3.05) is 44.7 Å². The van der Waals surface area contributed by atoms with Crippen molar-refractivity contribution >= 4 is 40.7 Å². The Hall–Kier alpha value is -3.17. The second-order valence-electron chi connectivity index (χ2n) is 8.53. The summed E-state index contributed by atoms with van der Waals surface area (Å²) in [5.41, 5.74) is 2.61. The van der Waals surface area contributed by atoms with Gasteiger partial charge < -0.3 is 20.3 Å². The van der Waals surface area contributed by atoms with E-state index in [0.29, 0.717) is 62.5 Å². The number of benzene rings is 2. The molecule has 2 aromatic rings. The number of hydrogen-bond donors (Lipinski definition) is 3. The number of hydrogen-bond acceptors (Lipinski definition) is 6. The van der Waals surface area contributed by atoms with Gasteiger partial charge in [-0.2, -0.15) is 0 Å². The molecule has 10 heteroatoms. The molecule has 2 aromatic carbocycles. The average Bonchev–Trinajstić information content (AvgIpc) is 3.57. The van der Waals surface area contributed by atoms with Crippen LogP contribution < -0.4 is 16.0 Å². The van der Waals surface area contributed by atoms with Crippen LogP contribution in [0, 0.1) is 5.82 Å². The molecule has 1 aliphatic carbocycles. The molecule has 178 valence electrons. The molecule has 3 N–H and O–H groups in total. The van der Waals surface area contributed by atoms with Crippen LogP contribution in [0.5, 0.6) is 0 Å². The molecule has 0 spiro atoms. The highest BCUT2D eigenvalue weighted by Crippen LogP contribution is 2.45. The van der Waals surface area contributed by atoms with Crippen LogP contribution in [0.3, 0.4) is 0 Å².